The monoisotopic (exact) mass is 549 g/mol. The number of nitrogens with two attached hydrogens (primary N) is 1. The van der Waals surface area contributed by atoms with Crippen molar-refractivity contribution in [3.8, 4) is 11.8 Å². The molecule has 4 atom stereocenters. The van der Waals surface area contributed by atoms with Gasteiger partial charge in [0.1, 0.15) is 23.2 Å². The number of aromatic nitrogens is 3. The van der Waals surface area contributed by atoms with E-state index in [4.69, 9.17) is 17.3 Å². The molecule has 3 aromatic rings. The summed E-state index contributed by atoms with van der Waals surface area (Å²) in [4.78, 5) is 35.2. The molecule has 0 aliphatic heterocycles. The van der Waals surface area contributed by atoms with Crippen molar-refractivity contribution in [2.45, 2.75) is 56.8 Å². The van der Waals surface area contributed by atoms with Crippen LogP contribution in [0.1, 0.15) is 60.5 Å². The van der Waals surface area contributed by atoms with E-state index in [1.54, 1.807) is 41.4 Å². The van der Waals surface area contributed by atoms with Crippen LogP contribution in [-0.4, -0.2) is 66.8 Å². The zero-order valence-corrected chi connectivity index (χ0v) is 22.3. The SMILES string of the molecule is NC(=O)c1cccc(C#CCN(C[C@H]2C[C@@H](n3ccc4c(Cl)ncnc43)[C@H](O)[C@@H]2O)C(=O)C2CCCCC2)c1. The third kappa shape index (κ3) is 5.78. The number of amides is 2. The maximum absolute atomic E-state index is 13.6. The first-order valence-corrected chi connectivity index (χ1v) is 13.7. The second kappa shape index (κ2) is 11.7. The number of carbonyl (C=O) groups is 2. The third-order valence-electron chi connectivity index (χ3n) is 7.96. The molecule has 0 spiro atoms. The quantitative estimate of drug-likeness (QED) is 0.320. The number of benzene rings is 1. The smallest absolute Gasteiger partial charge is 0.248 e. The minimum Gasteiger partial charge on any atom is -0.390 e. The summed E-state index contributed by atoms with van der Waals surface area (Å²) in [7, 11) is 0. The Balaban J connectivity index is 1.36. The maximum atomic E-state index is 13.6. The summed E-state index contributed by atoms with van der Waals surface area (Å²) in [5, 5.41) is 23.0. The predicted molar refractivity (Wildman–Crippen MR) is 147 cm³/mol. The summed E-state index contributed by atoms with van der Waals surface area (Å²) >= 11 is 6.21. The Hall–Kier alpha value is -3.45. The first kappa shape index (κ1) is 27.1. The summed E-state index contributed by atoms with van der Waals surface area (Å²) in [5.41, 5.74) is 6.97. The molecule has 2 fully saturated rings. The molecule has 0 bridgehead atoms. The van der Waals surface area contributed by atoms with Crippen molar-refractivity contribution in [1.29, 1.82) is 0 Å². The molecule has 0 saturated heterocycles. The Morgan fingerprint density at radius 2 is 1.92 bits per heavy atom. The number of fused-ring (bicyclic) bond motifs is 1. The lowest BCUT2D eigenvalue weighted by atomic mass is 9.88. The van der Waals surface area contributed by atoms with Crippen LogP contribution in [-0.2, 0) is 4.79 Å². The lowest BCUT2D eigenvalue weighted by Gasteiger charge is -2.30. The number of hydrogen-bond acceptors (Lipinski definition) is 6. The van der Waals surface area contributed by atoms with Crippen LogP contribution in [0.4, 0.5) is 0 Å². The van der Waals surface area contributed by atoms with Gasteiger partial charge in [-0.2, -0.15) is 0 Å². The van der Waals surface area contributed by atoms with Gasteiger partial charge in [-0.15, -0.1) is 0 Å². The Bertz CT molecular complexity index is 1420. The zero-order chi connectivity index (χ0) is 27.5. The minimum absolute atomic E-state index is 0.0333. The Labute approximate surface area is 232 Å². The molecule has 9 nitrogen and oxygen atoms in total. The largest absolute Gasteiger partial charge is 0.390 e. The van der Waals surface area contributed by atoms with E-state index < -0.39 is 24.2 Å². The highest BCUT2D eigenvalue weighted by Crippen LogP contribution is 2.38. The number of primary amides is 1. The highest BCUT2D eigenvalue weighted by molar-refractivity contribution is 6.33. The summed E-state index contributed by atoms with van der Waals surface area (Å²) in [5.74, 6) is 5.20. The van der Waals surface area contributed by atoms with Crippen LogP contribution < -0.4 is 5.73 Å². The molecule has 1 aromatic carbocycles. The van der Waals surface area contributed by atoms with Crippen molar-refractivity contribution in [2.24, 2.45) is 17.6 Å². The average Bonchev–Trinajstić information content (AvgIpc) is 3.50. The molecule has 2 saturated carbocycles. The molecule has 2 aliphatic rings. The topological polar surface area (TPSA) is 135 Å². The molecule has 0 unspecified atom stereocenters. The van der Waals surface area contributed by atoms with Crippen LogP contribution in [0, 0.1) is 23.7 Å². The minimum atomic E-state index is -1.03. The van der Waals surface area contributed by atoms with Gasteiger partial charge in [-0.3, -0.25) is 9.59 Å². The Kier molecular flexibility index (Phi) is 8.17. The number of carbonyl (C=O) groups excluding carboxylic acids is 2. The summed E-state index contributed by atoms with van der Waals surface area (Å²) in [6.45, 7) is 0.449. The van der Waals surface area contributed by atoms with Crippen molar-refractivity contribution in [2.75, 3.05) is 13.1 Å². The van der Waals surface area contributed by atoms with E-state index in [0.717, 1.165) is 32.1 Å². The summed E-state index contributed by atoms with van der Waals surface area (Å²) in [6.07, 6.45) is 6.44. The number of rotatable bonds is 6. The highest BCUT2D eigenvalue weighted by Gasteiger charge is 2.44. The molecule has 10 heteroatoms. The highest BCUT2D eigenvalue weighted by atomic mass is 35.5. The number of halogens is 1. The lowest BCUT2D eigenvalue weighted by Crippen LogP contribution is -2.42. The van der Waals surface area contributed by atoms with Crippen molar-refractivity contribution in [3.63, 3.8) is 0 Å². The molecule has 2 aliphatic carbocycles. The Morgan fingerprint density at radius 1 is 1.13 bits per heavy atom. The maximum Gasteiger partial charge on any atom is 0.248 e. The van der Waals surface area contributed by atoms with E-state index in [1.807, 2.05) is 4.57 Å². The van der Waals surface area contributed by atoms with Crippen molar-refractivity contribution in [3.05, 3.63) is 59.1 Å². The summed E-state index contributed by atoms with van der Waals surface area (Å²) < 4.78 is 1.83. The van der Waals surface area contributed by atoms with Crippen molar-refractivity contribution >= 4 is 34.4 Å². The fraction of sp³-hybridized carbons (Fsp3) is 0.448. The molecule has 39 heavy (non-hydrogen) atoms. The first-order valence-electron chi connectivity index (χ1n) is 13.3. The van der Waals surface area contributed by atoms with Crippen LogP contribution in [0.15, 0.2) is 42.9 Å². The van der Waals surface area contributed by atoms with E-state index in [-0.39, 0.29) is 30.8 Å². The number of aliphatic hydroxyl groups excluding tert-OH is 2. The lowest BCUT2D eigenvalue weighted by molar-refractivity contribution is -0.137. The molecule has 2 amide bonds. The normalized spacial score (nSPS) is 23.4. The number of hydrogen-bond donors (Lipinski definition) is 3. The number of aliphatic hydroxyl groups is 2. The van der Waals surface area contributed by atoms with Gasteiger partial charge in [0.2, 0.25) is 11.8 Å². The zero-order valence-electron chi connectivity index (χ0n) is 21.5. The van der Waals surface area contributed by atoms with E-state index in [0.29, 0.717) is 33.7 Å². The van der Waals surface area contributed by atoms with Gasteiger partial charge in [0.25, 0.3) is 0 Å². The van der Waals surface area contributed by atoms with Gasteiger partial charge in [-0.25, -0.2) is 9.97 Å². The second-order valence-corrected chi connectivity index (χ2v) is 10.8. The second-order valence-electron chi connectivity index (χ2n) is 10.5. The molecular formula is C29H32ClN5O4. The van der Waals surface area contributed by atoms with Gasteiger partial charge in [0.15, 0.2) is 0 Å². The van der Waals surface area contributed by atoms with E-state index in [1.165, 1.54) is 6.33 Å². The fourth-order valence-electron chi connectivity index (χ4n) is 5.87. The van der Waals surface area contributed by atoms with Crippen molar-refractivity contribution in [1.82, 2.24) is 19.4 Å². The number of nitrogens with zero attached hydrogens (tertiary/aromatic N) is 4. The first-order chi connectivity index (χ1) is 18.8. The van der Waals surface area contributed by atoms with Gasteiger partial charge >= 0.3 is 0 Å². The van der Waals surface area contributed by atoms with E-state index in [9.17, 15) is 19.8 Å². The molecule has 2 heterocycles. The van der Waals surface area contributed by atoms with E-state index >= 15 is 0 Å². The average molecular weight is 550 g/mol. The van der Waals surface area contributed by atoms with Crippen LogP contribution in [0.25, 0.3) is 11.0 Å². The van der Waals surface area contributed by atoms with Gasteiger partial charge in [0.05, 0.1) is 24.1 Å². The van der Waals surface area contributed by atoms with Gasteiger partial charge < -0.3 is 25.4 Å². The van der Waals surface area contributed by atoms with Crippen LogP contribution in [0.3, 0.4) is 0 Å². The van der Waals surface area contributed by atoms with Gasteiger partial charge in [-0.1, -0.05) is 48.8 Å². The molecule has 2 aromatic heterocycles. The molecule has 204 valence electrons. The van der Waals surface area contributed by atoms with Gasteiger partial charge in [-0.05, 0) is 43.5 Å². The predicted octanol–water partition coefficient (Wildman–Crippen LogP) is 2.93. The van der Waals surface area contributed by atoms with Crippen LogP contribution in [0.5, 0.6) is 0 Å². The standard InChI is InChI=1S/C29H32ClN5O4/c30-26-22-11-13-35(28(22)33-17-32-26)23-15-21(24(36)25(23)37)16-34(29(39)19-8-2-1-3-9-19)12-5-7-18-6-4-10-20(14-18)27(31)38/h4,6,10-11,13-14,17,19,21,23-25,36-37H,1-3,8-9,12,15-16H2,(H2,31,38)/t21-,23-,24-,25+/m1/s1. The van der Waals surface area contributed by atoms with E-state index in [2.05, 4.69) is 21.8 Å². The molecular weight excluding hydrogens is 518 g/mol. The van der Waals surface area contributed by atoms with Gasteiger partial charge in [0, 0.05) is 35.7 Å². The molecule has 0 radical (unpaired) electrons. The molecule has 5 rings (SSSR count). The summed E-state index contributed by atoms with van der Waals surface area (Å²) in [6, 6.07) is 8.12. The van der Waals surface area contributed by atoms with Crippen molar-refractivity contribution < 1.29 is 19.8 Å². The fourth-order valence-corrected chi connectivity index (χ4v) is 6.07. The van der Waals surface area contributed by atoms with Crippen LogP contribution >= 0.6 is 11.6 Å². The Morgan fingerprint density at radius 3 is 2.69 bits per heavy atom. The third-order valence-corrected chi connectivity index (χ3v) is 8.26. The molecule has 4 N–H and O–H groups in total. The van der Waals surface area contributed by atoms with Crippen LogP contribution in [0.2, 0.25) is 5.15 Å².